The van der Waals surface area contributed by atoms with E-state index in [0.29, 0.717) is 0 Å². The van der Waals surface area contributed by atoms with Crippen molar-refractivity contribution in [3.8, 4) is 5.75 Å². The second-order valence-corrected chi connectivity index (χ2v) is 4.89. The van der Waals surface area contributed by atoms with Crippen LogP contribution in [0.1, 0.15) is 12.0 Å². The Bertz CT molecular complexity index is 334. The Morgan fingerprint density at radius 2 is 2.40 bits per heavy atom. The summed E-state index contributed by atoms with van der Waals surface area (Å²) >= 11 is 3.47. The van der Waals surface area contributed by atoms with Crippen molar-refractivity contribution in [2.24, 2.45) is 5.92 Å². The molecule has 0 spiro atoms. The van der Waals surface area contributed by atoms with Crippen molar-refractivity contribution in [3.63, 3.8) is 0 Å². The van der Waals surface area contributed by atoms with Gasteiger partial charge in [0, 0.05) is 0 Å². The molecule has 1 N–H and O–H groups in total. The predicted molar refractivity (Wildman–Crippen MR) is 65.4 cm³/mol. The normalized spacial score (nSPS) is 20.5. The van der Waals surface area contributed by atoms with E-state index in [-0.39, 0.29) is 0 Å². The highest BCUT2D eigenvalue weighted by Crippen LogP contribution is 2.27. The minimum absolute atomic E-state index is 0.788. The fourth-order valence-corrected chi connectivity index (χ4v) is 2.46. The van der Waals surface area contributed by atoms with Crippen molar-refractivity contribution < 1.29 is 4.74 Å². The van der Waals surface area contributed by atoms with Crippen LogP contribution in [-0.2, 0) is 6.42 Å². The number of hydrogen-bond acceptors (Lipinski definition) is 2. The smallest absolute Gasteiger partial charge is 0.133 e. The lowest BCUT2D eigenvalue weighted by Gasteiger charge is -2.10. The average Bonchev–Trinajstić information content (AvgIpc) is 2.73. The third-order valence-corrected chi connectivity index (χ3v) is 3.56. The van der Waals surface area contributed by atoms with Crippen LogP contribution in [0.25, 0.3) is 0 Å². The van der Waals surface area contributed by atoms with Gasteiger partial charge in [0.25, 0.3) is 0 Å². The number of ether oxygens (including phenoxy) is 1. The maximum absolute atomic E-state index is 5.29. The summed E-state index contributed by atoms with van der Waals surface area (Å²) in [5.74, 6) is 1.72. The van der Waals surface area contributed by atoms with E-state index in [1.165, 1.54) is 18.5 Å². The maximum atomic E-state index is 5.29. The SMILES string of the molecule is COc1cc(CC2CCNC2)ccc1Br. The van der Waals surface area contributed by atoms with E-state index in [2.05, 4.69) is 39.4 Å². The Labute approximate surface area is 99.1 Å². The second-order valence-electron chi connectivity index (χ2n) is 4.03. The molecule has 0 amide bonds. The van der Waals surface area contributed by atoms with E-state index < -0.39 is 0 Å². The Kier molecular flexibility index (Phi) is 3.65. The molecule has 15 heavy (non-hydrogen) atoms. The summed E-state index contributed by atoms with van der Waals surface area (Å²) in [5, 5.41) is 3.39. The molecule has 0 aromatic heterocycles. The molecule has 0 bridgehead atoms. The summed E-state index contributed by atoms with van der Waals surface area (Å²) in [6.07, 6.45) is 2.44. The Balaban J connectivity index is 2.07. The Morgan fingerprint density at radius 1 is 1.53 bits per heavy atom. The Morgan fingerprint density at radius 3 is 3.07 bits per heavy atom. The van der Waals surface area contributed by atoms with Gasteiger partial charge in [-0.1, -0.05) is 6.07 Å². The van der Waals surface area contributed by atoms with Gasteiger partial charge in [-0.15, -0.1) is 0 Å². The lowest BCUT2D eigenvalue weighted by atomic mass is 9.99. The molecule has 1 aromatic carbocycles. The third kappa shape index (κ3) is 2.73. The van der Waals surface area contributed by atoms with Crippen molar-refractivity contribution >= 4 is 15.9 Å². The monoisotopic (exact) mass is 269 g/mol. The molecule has 1 aliphatic heterocycles. The summed E-state index contributed by atoms with van der Waals surface area (Å²) in [6.45, 7) is 2.32. The van der Waals surface area contributed by atoms with Crippen molar-refractivity contribution in [2.75, 3.05) is 20.2 Å². The largest absolute Gasteiger partial charge is 0.496 e. The van der Waals surface area contributed by atoms with Gasteiger partial charge in [0.2, 0.25) is 0 Å². The molecule has 1 unspecified atom stereocenters. The average molecular weight is 270 g/mol. The van der Waals surface area contributed by atoms with Gasteiger partial charge in [-0.2, -0.15) is 0 Å². The number of hydrogen-bond donors (Lipinski definition) is 1. The molecule has 1 heterocycles. The standard InChI is InChI=1S/C12H16BrNO/c1-15-12-7-9(2-3-11(12)13)6-10-4-5-14-8-10/h2-3,7,10,14H,4-6,8H2,1H3. The molecule has 0 saturated carbocycles. The topological polar surface area (TPSA) is 21.3 Å². The zero-order chi connectivity index (χ0) is 10.7. The highest BCUT2D eigenvalue weighted by Gasteiger charge is 2.15. The van der Waals surface area contributed by atoms with Crippen LogP contribution in [0, 0.1) is 5.92 Å². The van der Waals surface area contributed by atoms with Gasteiger partial charge in [0.1, 0.15) is 5.75 Å². The van der Waals surface area contributed by atoms with Gasteiger partial charge in [-0.3, -0.25) is 0 Å². The van der Waals surface area contributed by atoms with E-state index in [9.17, 15) is 0 Å². The summed E-state index contributed by atoms with van der Waals surface area (Å²) in [5.41, 5.74) is 1.36. The second kappa shape index (κ2) is 4.99. The van der Waals surface area contributed by atoms with Crippen LogP contribution < -0.4 is 10.1 Å². The number of nitrogens with one attached hydrogen (secondary N) is 1. The highest BCUT2D eigenvalue weighted by molar-refractivity contribution is 9.10. The van der Waals surface area contributed by atoms with Crippen LogP contribution >= 0.6 is 15.9 Å². The molecule has 1 aromatic rings. The van der Waals surface area contributed by atoms with Crippen LogP contribution in [0.15, 0.2) is 22.7 Å². The van der Waals surface area contributed by atoms with Crippen molar-refractivity contribution in [1.82, 2.24) is 5.32 Å². The van der Waals surface area contributed by atoms with Gasteiger partial charge in [-0.05, 0) is 65.5 Å². The van der Waals surface area contributed by atoms with Crippen molar-refractivity contribution in [1.29, 1.82) is 0 Å². The number of benzene rings is 1. The van der Waals surface area contributed by atoms with Crippen molar-refractivity contribution in [2.45, 2.75) is 12.8 Å². The van der Waals surface area contributed by atoms with Crippen LogP contribution in [0.5, 0.6) is 5.75 Å². The first kappa shape index (κ1) is 11.0. The molecule has 1 fully saturated rings. The van der Waals surface area contributed by atoms with Gasteiger partial charge < -0.3 is 10.1 Å². The lowest BCUT2D eigenvalue weighted by molar-refractivity contribution is 0.411. The number of methoxy groups -OCH3 is 1. The van der Waals surface area contributed by atoms with E-state index in [4.69, 9.17) is 4.74 Å². The van der Waals surface area contributed by atoms with E-state index in [0.717, 1.165) is 29.1 Å². The summed E-state index contributed by atoms with van der Waals surface area (Å²) in [7, 11) is 1.71. The zero-order valence-corrected chi connectivity index (χ0v) is 10.5. The molecule has 0 radical (unpaired) electrons. The molecule has 1 atom stereocenters. The molecule has 0 aliphatic carbocycles. The van der Waals surface area contributed by atoms with Gasteiger partial charge in [0.05, 0.1) is 11.6 Å². The van der Waals surface area contributed by atoms with Gasteiger partial charge in [-0.25, -0.2) is 0 Å². The molecule has 2 nitrogen and oxygen atoms in total. The third-order valence-electron chi connectivity index (χ3n) is 2.90. The number of rotatable bonds is 3. The molecule has 1 saturated heterocycles. The molecule has 2 rings (SSSR count). The van der Waals surface area contributed by atoms with E-state index in [1.54, 1.807) is 7.11 Å². The van der Waals surface area contributed by atoms with Crippen LogP contribution in [0.2, 0.25) is 0 Å². The first-order valence-electron chi connectivity index (χ1n) is 5.32. The molecule has 1 aliphatic rings. The first-order valence-corrected chi connectivity index (χ1v) is 6.12. The highest BCUT2D eigenvalue weighted by atomic mass is 79.9. The number of halogens is 1. The van der Waals surface area contributed by atoms with E-state index >= 15 is 0 Å². The molecule has 3 heteroatoms. The first-order chi connectivity index (χ1) is 7.29. The predicted octanol–water partition coefficient (Wildman–Crippen LogP) is 2.61. The zero-order valence-electron chi connectivity index (χ0n) is 8.92. The maximum Gasteiger partial charge on any atom is 0.133 e. The quantitative estimate of drug-likeness (QED) is 0.911. The summed E-state index contributed by atoms with van der Waals surface area (Å²) < 4.78 is 6.31. The van der Waals surface area contributed by atoms with Crippen LogP contribution in [-0.4, -0.2) is 20.2 Å². The van der Waals surface area contributed by atoms with Crippen LogP contribution in [0.3, 0.4) is 0 Å². The van der Waals surface area contributed by atoms with Crippen LogP contribution in [0.4, 0.5) is 0 Å². The minimum atomic E-state index is 0.788. The Hall–Kier alpha value is -0.540. The fourth-order valence-electron chi connectivity index (χ4n) is 2.05. The van der Waals surface area contributed by atoms with Gasteiger partial charge in [0.15, 0.2) is 0 Å². The van der Waals surface area contributed by atoms with Gasteiger partial charge >= 0.3 is 0 Å². The fraction of sp³-hybridized carbons (Fsp3) is 0.500. The van der Waals surface area contributed by atoms with E-state index in [1.807, 2.05) is 0 Å². The molecular weight excluding hydrogens is 254 g/mol. The lowest BCUT2D eigenvalue weighted by Crippen LogP contribution is -2.10. The summed E-state index contributed by atoms with van der Waals surface area (Å²) in [6, 6.07) is 6.36. The molecule has 82 valence electrons. The molecular formula is C12H16BrNO. The van der Waals surface area contributed by atoms with Crippen molar-refractivity contribution in [3.05, 3.63) is 28.2 Å². The summed E-state index contributed by atoms with van der Waals surface area (Å²) in [4.78, 5) is 0. The minimum Gasteiger partial charge on any atom is -0.496 e.